The molecule has 4 heterocycles. The molecule has 0 saturated heterocycles. The number of hydrogen-bond acceptors (Lipinski definition) is 5. The molecule has 23 heavy (non-hydrogen) atoms. The SMILES string of the molecule is c1csc(-c2nn(-c3nc4ccccc4s3)c3c2CNCC3)c1. The second kappa shape index (κ2) is 5.26. The molecule has 0 saturated carbocycles. The molecule has 0 unspecified atom stereocenters. The molecule has 1 N–H and O–H groups in total. The van der Waals surface area contributed by atoms with Crippen molar-refractivity contribution < 1.29 is 0 Å². The molecule has 0 amide bonds. The van der Waals surface area contributed by atoms with Gasteiger partial charge in [0.05, 0.1) is 20.8 Å². The van der Waals surface area contributed by atoms with Gasteiger partial charge in [-0.3, -0.25) is 0 Å². The number of thiophene rings is 1. The van der Waals surface area contributed by atoms with Crippen LogP contribution in [0.5, 0.6) is 0 Å². The number of thiazole rings is 1. The highest BCUT2D eigenvalue weighted by molar-refractivity contribution is 7.20. The van der Waals surface area contributed by atoms with Crippen LogP contribution in [0.2, 0.25) is 0 Å². The van der Waals surface area contributed by atoms with E-state index in [-0.39, 0.29) is 0 Å². The van der Waals surface area contributed by atoms with Crippen LogP contribution in [-0.2, 0) is 13.0 Å². The summed E-state index contributed by atoms with van der Waals surface area (Å²) in [7, 11) is 0. The highest BCUT2D eigenvalue weighted by atomic mass is 32.1. The smallest absolute Gasteiger partial charge is 0.211 e. The van der Waals surface area contributed by atoms with Crippen molar-refractivity contribution in [1.29, 1.82) is 0 Å². The van der Waals surface area contributed by atoms with E-state index in [0.717, 1.165) is 35.9 Å². The third-order valence-electron chi connectivity index (χ3n) is 4.15. The van der Waals surface area contributed by atoms with Crippen molar-refractivity contribution >= 4 is 32.9 Å². The zero-order valence-electron chi connectivity index (χ0n) is 12.3. The number of nitrogens with zero attached hydrogens (tertiary/aromatic N) is 3. The molecule has 6 heteroatoms. The fourth-order valence-corrected chi connectivity index (χ4v) is 4.75. The Morgan fingerprint density at radius 3 is 2.96 bits per heavy atom. The molecule has 0 atom stereocenters. The summed E-state index contributed by atoms with van der Waals surface area (Å²) in [6, 6.07) is 12.5. The van der Waals surface area contributed by atoms with E-state index >= 15 is 0 Å². The third-order valence-corrected chi connectivity index (χ3v) is 6.04. The van der Waals surface area contributed by atoms with Crippen LogP contribution >= 0.6 is 22.7 Å². The summed E-state index contributed by atoms with van der Waals surface area (Å²) < 4.78 is 3.27. The number of aromatic nitrogens is 3. The van der Waals surface area contributed by atoms with Gasteiger partial charge >= 0.3 is 0 Å². The molecule has 0 aliphatic carbocycles. The summed E-state index contributed by atoms with van der Waals surface area (Å²) in [6.45, 7) is 1.88. The minimum atomic E-state index is 0.882. The Morgan fingerprint density at radius 1 is 1.13 bits per heavy atom. The van der Waals surface area contributed by atoms with Crippen LogP contribution in [0.4, 0.5) is 0 Å². The monoisotopic (exact) mass is 338 g/mol. The van der Waals surface area contributed by atoms with Gasteiger partial charge in [-0.05, 0) is 23.6 Å². The summed E-state index contributed by atoms with van der Waals surface area (Å²) in [5.74, 6) is 0. The average Bonchev–Trinajstić information content (AvgIpc) is 3.31. The second-order valence-corrected chi connectivity index (χ2v) is 7.51. The maximum Gasteiger partial charge on any atom is 0.211 e. The van der Waals surface area contributed by atoms with E-state index in [2.05, 4.69) is 45.7 Å². The molecule has 5 rings (SSSR count). The van der Waals surface area contributed by atoms with Crippen LogP contribution < -0.4 is 5.32 Å². The Kier molecular flexibility index (Phi) is 3.07. The van der Waals surface area contributed by atoms with E-state index in [4.69, 9.17) is 10.1 Å². The Balaban J connectivity index is 1.73. The fraction of sp³-hybridized carbons (Fsp3) is 0.176. The third kappa shape index (κ3) is 2.14. The van der Waals surface area contributed by atoms with E-state index in [0.29, 0.717) is 0 Å². The van der Waals surface area contributed by atoms with Crippen molar-refractivity contribution in [3.8, 4) is 15.7 Å². The number of fused-ring (bicyclic) bond motifs is 2. The van der Waals surface area contributed by atoms with Crippen LogP contribution in [0.3, 0.4) is 0 Å². The molecule has 3 aromatic heterocycles. The highest BCUT2D eigenvalue weighted by Crippen LogP contribution is 2.34. The maximum atomic E-state index is 4.93. The van der Waals surface area contributed by atoms with Gasteiger partial charge in [-0.15, -0.1) is 11.3 Å². The van der Waals surface area contributed by atoms with Gasteiger partial charge in [-0.25, -0.2) is 9.67 Å². The topological polar surface area (TPSA) is 42.7 Å². The lowest BCUT2D eigenvalue weighted by atomic mass is 10.1. The molecule has 0 radical (unpaired) electrons. The summed E-state index contributed by atoms with van der Waals surface area (Å²) in [5, 5.41) is 11.5. The lowest BCUT2D eigenvalue weighted by molar-refractivity contribution is 0.622. The predicted molar refractivity (Wildman–Crippen MR) is 95.5 cm³/mol. The predicted octanol–water partition coefficient (Wildman–Crippen LogP) is 3.86. The Bertz CT molecular complexity index is 949. The van der Waals surface area contributed by atoms with Crippen molar-refractivity contribution in [3.63, 3.8) is 0 Å². The quantitative estimate of drug-likeness (QED) is 0.603. The van der Waals surface area contributed by atoms with Gasteiger partial charge in [0.2, 0.25) is 5.13 Å². The Hall–Kier alpha value is -2.02. The second-order valence-electron chi connectivity index (χ2n) is 5.55. The van der Waals surface area contributed by atoms with Gasteiger partial charge in [-0.1, -0.05) is 29.5 Å². The van der Waals surface area contributed by atoms with Crippen molar-refractivity contribution in [2.24, 2.45) is 0 Å². The first-order valence-electron chi connectivity index (χ1n) is 7.61. The molecule has 0 spiro atoms. The molecule has 1 aliphatic heterocycles. The molecule has 1 aliphatic rings. The lowest BCUT2D eigenvalue weighted by Gasteiger charge is -2.14. The molecule has 4 aromatic rings. The molecule has 0 bridgehead atoms. The Morgan fingerprint density at radius 2 is 2.09 bits per heavy atom. The first-order valence-corrected chi connectivity index (χ1v) is 9.31. The summed E-state index contributed by atoms with van der Waals surface area (Å²) in [5.41, 5.74) is 4.76. The van der Waals surface area contributed by atoms with Gasteiger partial charge in [0.1, 0.15) is 5.69 Å². The van der Waals surface area contributed by atoms with E-state index in [1.807, 2.05) is 6.07 Å². The van der Waals surface area contributed by atoms with E-state index in [1.165, 1.54) is 20.8 Å². The largest absolute Gasteiger partial charge is 0.312 e. The summed E-state index contributed by atoms with van der Waals surface area (Å²) >= 11 is 3.45. The van der Waals surface area contributed by atoms with Gasteiger partial charge in [-0.2, -0.15) is 5.10 Å². The first-order chi connectivity index (χ1) is 11.4. The fourth-order valence-electron chi connectivity index (χ4n) is 3.07. The number of benzene rings is 1. The van der Waals surface area contributed by atoms with E-state index < -0.39 is 0 Å². The van der Waals surface area contributed by atoms with Gasteiger partial charge in [0.15, 0.2) is 0 Å². The minimum absolute atomic E-state index is 0.882. The van der Waals surface area contributed by atoms with Crippen molar-refractivity contribution in [2.75, 3.05) is 6.54 Å². The number of rotatable bonds is 2. The van der Waals surface area contributed by atoms with Crippen LogP contribution in [0, 0.1) is 0 Å². The zero-order valence-corrected chi connectivity index (χ0v) is 14.0. The van der Waals surface area contributed by atoms with Gasteiger partial charge < -0.3 is 5.32 Å². The maximum absolute atomic E-state index is 4.93. The number of nitrogens with one attached hydrogen (secondary N) is 1. The van der Waals surface area contributed by atoms with E-state index in [9.17, 15) is 0 Å². The Labute approximate surface area is 141 Å². The summed E-state index contributed by atoms with van der Waals surface area (Å²) in [4.78, 5) is 6.01. The van der Waals surface area contributed by atoms with Crippen LogP contribution in [0.15, 0.2) is 41.8 Å². The average molecular weight is 338 g/mol. The standard InChI is InChI=1S/C17H14N4S2/c1-2-5-14-12(4-1)19-17(23-14)21-13-7-8-18-10-11(13)16(20-21)15-6-3-9-22-15/h1-6,9,18H,7-8,10H2. The van der Waals surface area contributed by atoms with Crippen molar-refractivity contribution in [2.45, 2.75) is 13.0 Å². The van der Waals surface area contributed by atoms with Crippen LogP contribution in [0.1, 0.15) is 11.3 Å². The van der Waals surface area contributed by atoms with Crippen molar-refractivity contribution in [3.05, 3.63) is 53.0 Å². The molecule has 0 fully saturated rings. The normalized spacial score (nSPS) is 14.3. The molecule has 4 nitrogen and oxygen atoms in total. The van der Waals surface area contributed by atoms with Crippen LogP contribution in [0.25, 0.3) is 25.9 Å². The summed E-state index contributed by atoms with van der Waals surface area (Å²) in [6.07, 6.45) is 0.990. The zero-order chi connectivity index (χ0) is 15.2. The molecular weight excluding hydrogens is 324 g/mol. The van der Waals surface area contributed by atoms with Gasteiger partial charge in [0.25, 0.3) is 0 Å². The number of para-hydroxylation sites is 1. The first kappa shape index (κ1) is 13.4. The molecule has 114 valence electrons. The lowest BCUT2D eigenvalue weighted by Crippen LogP contribution is -2.24. The minimum Gasteiger partial charge on any atom is -0.312 e. The number of hydrogen-bond donors (Lipinski definition) is 1. The van der Waals surface area contributed by atoms with E-state index in [1.54, 1.807) is 22.7 Å². The van der Waals surface area contributed by atoms with Crippen molar-refractivity contribution in [1.82, 2.24) is 20.1 Å². The highest BCUT2D eigenvalue weighted by Gasteiger charge is 2.24. The van der Waals surface area contributed by atoms with Gasteiger partial charge in [0, 0.05) is 25.1 Å². The van der Waals surface area contributed by atoms with Crippen LogP contribution in [-0.4, -0.2) is 21.3 Å². The molecule has 1 aromatic carbocycles. The molecular formula is C17H14N4S2.